The molecule has 3 aromatic carbocycles. The number of hydrogen-bond acceptors (Lipinski definition) is 15. The van der Waals surface area contributed by atoms with Crippen molar-refractivity contribution < 1.29 is 61.9 Å². The van der Waals surface area contributed by atoms with Crippen LogP contribution in [0.3, 0.4) is 0 Å². The largest absolute Gasteiger partial charge is 0.508 e. The molecule has 0 spiro atoms. The van der Waals surface area contributed by atoms with Gasteiger partial charge in [-0.15, -0.1) is 0 Å². The maximum Gasteiger partial charge on any atom is 0.339 e. The molecule has 3 aromatic rings. The molecule has 0 radical (unpaired) electrons. The van der Waals surface area contributed by atoms with E-state index in [0.717, 1.165) is 50.8 Å². The van der Waals surface area contributed by atoms with Gasteiger partial charge in [0.1, 0.15) is 30.3 Å². The van der Waals surface area contributed by atoms with E-state index in [1.54, 1.807) is 30.3 Å². The van der Waals surface area contributed by atoms with E-state index >= 15 is 0 Å². The third kappa shape index (κ3) is 18.5. The number of phenolic OH excluding ortho intramolecular Hbond substituents is 1. The van der Waals surface area contributed by atoms with Crippen molar-refractivity contribution in [1.82, 2.24) is 21.3 Å². The first-order chi connectivity index (χ1) is 35.0. The lowest BCUT2D eigenvalue weighted by molar-refractivity contribution is -0.131. The van der Waals surface area contributed by atoms with Crippen LogP contribution in [0.25, 0.3) is 39.5 Å². The standard InChI is InChI=1S/C53H66N6O13/c1-5-54-44-31-46-42(29-36(44)3)52(43-30-37(4)45(55-6-2)32-47(43)72-46)40-9-7-8-10-41(40)53(65)71-35-51(64)59-20-24-69-28-27-68-23-19-58-50(63)34-70-33-49(62)57-18-22-67-26-25-66-21-17-56-48(61)16-13-38-11-14-39(60)15-12-38/h7-16,29-32,54,60H,5-6,17-28,33-35H2,1-4H3,(H,56,61)(H,57,62)(H,58,63)(H,59,64)/b16-13+,55-45?. The van der Waals surface area contributed by atoms with Crippen LogP contribution >= 0.6 is 0 Å². The summed E-state index contributed by atoms with van der Waals surface area (Å²) in [5.41, 5.74) is 6.95. The zero-order chi connectivity index (χ0) is 51.5. The number of fused-ring (bicyclic) bond motifs is 2. The molecule has 0 saturated heterocycles. The van der Waals surface area contributed by atoms with Crippen LogP contribution in [0.1, 0.15) is 40.9 Å². The van der Waals surface area contributed by atoms with Gasteiger partial charge in [0.25, 0.3) is 5.91 Å². The van der Waals surface area contributed by atoms with Crippen molar-refractivity contribution in [3.8, 4) is 28.2 Å². The molecular weight excluding hydrogens is 929 g/mol. The van der Waals surface area contributed by atoms with Gasteiger partial charge in [-0.2, -0.15) is 0 Å². The lowest BCUT2D eigenvalue weighted by Gasteiger charge is -2.19. The summed E-state index contributed by atoms with van der Waals surface area (Å²) in [5, 5.41) is 25.0. The first kappa shape index (κ1) is 55.8. The van der Waals surface area contributed by atoms with Gasteiger partial charge in [0.05, 0.1) is 63.8 Å². The lowest BCUT2D eigenvalue weighted by atomic mass is 9.89. The maximum atomic E-state index is 13.6. The third-order valence-electron chi connectivity index (χ3n) is 10.6. The highest BCUT2D eigenvalue weighted by atomic mass is 16.5. The highest BCUT2D eigenvalue weighted by Gasteiger charge is 2.24. The normalized spacial score (nSPS) is 11.5. The predicted molar refractivity (Wildman–Crippen MR) is 272 cm³/mol. The van der Waals surface area contributed by atoms with Crippen molar-refractivity contribution in [2.45, 2.75) is 27.7 Å². The van der Waals surface area contributed by atoms with E-state index in [0.29, 0.717) is 55.4 Å². The number of carbonyl (C=O) groups is 5. The Morgan fingerprint density at radius 2 is 1.22 bits per heavy atom. The Morgan fingerprint density at radius 1 is 0.639 bits per heavy atom. The lowest BCUT2D eigenvalue weighted by Crippen LogP contribution is -2.34. The van der Waals surface area contributed by atoms with Gasteiger partial charge in [-0.1, -0.05) is 30.3 Å². The van der Waals surface area contributed by atoms with E-state index in [4.69, 9.17) is 32.8 Å². The van der Waals surface area contributed by atoms with Crippen LogP contribution in [0.5, 0.6) is 5.75 Å². The molecule has 5 rings (SSSR count). The minimum absolute atomic E-state index is 0.155. The molecular formula is C53H66N6O13. The van der Waals surface area contributed by atoms with Gasteiger partial charge >= 0.3 is 5.97 Å². The Hall–Kier alpha value is -7.16. The second-order valence-corrected chi connectivity index (χ2v) is 16.1. The van der Waals surface area contributed by atoms with Crippen LogP contribution in [0.2, 0.25) is 0 Å². The third-order valence-corrected chi connectivity index (χ3v) is 10.6. The van der Waals surface area contributed by atoms with Gasteiger partial charge in [0, 0.05) is 79.7 Å². The summed E-state index contributed by atoms with van der Waals surface area (Å²) < 4.78 is 39.0. The highest BCUT2D eigenvalue weighted by molar-refractivity contribution is 6.08. The van der Waals surface area contributed by atoms with Crippen LogP contribution in [-0.2, 0) is 47.6 Å². The number of nitrogens with zero attached hydrogens (tertiary/aromatic N) is 1. The molecule has 19 nitrogen and oxygen atoms in total. The van der Waals surface area contributed by atoms with Crippen molar-refractivity contribution in [3.05, 3.63) is 106 Å². The van der Waals surface area contributed by atoms with Crippen molar-refractivity contribution in [1.29, 1.82) is 0 Å². The first-order valence-corrected chi connectivity index (χ1v) is 23.9. The quantitative estimate of drug-likeness (QED) is 0.0157. The fourth-order valence-electron chi connectivity index (χ4n) is 7.17. The number of hydrogen-bond donors (Lipinski definition) is 6. The summed E-state index contributed by atoms with van der Waals surface area (Å²) in [5.74, 6) is -1.41. The SMILES string of the molecule is CCN=c1cc2oc3cc(NCC)c(C)cc3c(-c3ccccc3C(=O)OCC(=O)NCCOCCOCCNC(=O)COCC(=O)NCCOCCOCCNC(=O)/C=C/c3ccc(O)cc3)c-2cc1C. The molecule has 19 heteroatoms. The molecule has 0 unspecified atom stereocenters. The molecule has 0 atom stereocenters. The van der Waals surface area contributed by atoms with Crippen molar-refractivity contribution in [3.63, 3.8) is 0 Å². The fourth-order valence-corrected chi connectivity index (χ4v) is 7.17. The Labute approximate surface area is 419 Å². The van der Waals surface area contributed by atoms with Crippen LogP contribution in [0, 0.1) is 13.8 Å². The summed E-state index contributed by atoms with van der Waals surface area (Å²) >= 11 is 0. The highest BCUT2D eigenvalue weighted by Crippen LogP contribution is 2.43. The van der Waals surface area contributed by atoms with Gasteiger partial charge in [-0.3, -0.25) is 24.2 Å². The molecule has 4 amide bonds. The van der Waals surface area contributed by atoms with E-state index < -0.39 is 30.3 Å². The zero-order valence-electron chi connectivity index (χ0n) is 41.4. The van der Waals surface area contributed by atoms with E-state index in [1.165, 1.54) is 18.2 Å². The molecule has 386 valence electrons. The number of rotatable bonds is 31. The van der Waals surface area contributed by atoms with Gasteiger partial charge in [-0.25, -0.2) is 4.79 Å². The Bertz CT molecular complexity index is 2630. The molecule has 0 fully saturated rings. The predicted octanol–water partition coefficient (Wildman–Crippen LogP) is 4.30. The van der Waals surface area contributed by atoms with Gasteiger partial charge in [-0.05, 0) is 86.4 Å². The van der Waals surface area contributed by atoms with Crippen molar-refractivity contribution in [2.24, 2.45) is 4.99 Å². The minimum Gasteiger partial charge on any atom is -0.508 e. The van der Waals surface area contributed by atoms with E-state index in [-0.39, 0.29) is 77.5 Å². The molecule has 1 aliphatic carbocycles. The average molecular weight is 995 g/mol. The zero-order valence-corrected chi connectivity index (χ0v) is 41.4. The molecule has 0 aromatic heterocycles. The summed E-state index contributed by atoms with van der Waals surface area (Å²) in [4.78, 5) is 66.8. The number of aryl methyl sites for hydroxylation is 2. The number of esters is 1. The molecule has 1 heterocycles. The summed E-state index contributed by atoms with van der Waals surface area (Å²) in [7, 11) is 0. The number of amides is 4. The summed E-state index contributed by atoms with van der Waals surface area (Å²) in [6.07, 6.45) is 3.04. The molecule has 2 aliphatic rings. The monoisotopic (exact) mass is 994 g/mol. The maximum absolute atomic E-state index is 13.6. The number of nitrogens with one attached hydrogen (secondary N) is 5. The van der Waals surface area contributed by atoms with Crippen LogP contribution in [0.15, 0.2) is 88.3 Å². The molecule has 72 heavy (non-hydrogen) atoms. The molecule has 0 bridgehead atoms. The number of aromatic hydroxyl groups is 1. The van der Waals surface area contributed by atoms with Crippen LogP contribution < -0.4 is 31.9 Å². The Morgan fingerprint density at radius 3 is 1.82 bits per heavy atom. The van der Waals surface area contributed by atoms with E-state index in [2.05, 4.69) is 37.6 Å². The number of benzene rings is 4. The minimum atomic E-state index is -0.646. The van der Waals surface area contributed by atoms with Gasteiger partial charge < -0.3 is 64.5 Å². The summed E-state index contributed by atoms with van der Waals surface area (Å²) in [6.45, 7) is 11.4. The average Bonchev–Trinajstić information content (AvgIpc) is 3.36. The van der Waals surface area contributed by atoms with Gasteiger partial charge in [0.2, 0.25) is 17.7 Å². The smallest absolute Gasteiger partial charge is 0.339 e. The number of ether oxygens (including phenoxy) is 6. The van der Waals surface area contributed by atoms with Crippen molar-refractivity contribution >= 4 is 52.3 Å². The number of phenols is 1. The van der Waals surface area contributed by atoms with E-state index in [9.17, 15) is 29.1 Å². The van der Waals surface area contributed by atoms with Crippen LogP contribution in [-0.4, -0.2) is 147 Å². The number of anilines is 1. The van der Waals surface area contributed by atoms with E-state index in [1.807, 2.05) is 58.0 Å². The first-order valence-electron chi connectivity index (χ1n) is 23.9. The Balaban J connectivity index is 0.881. The topological polar surface area (TPSA) is 247 Å². The van der Waals surface area contributed by atoms with Crippen molar-refractivity contribution in [2.75, 3.05) is 117 Å². The van der Waals surface area contributed by atoms with Crippen LogP contribution in [0.4, 0.5) is 5.69 Å². The molecule has 0 saturated carbocycles. The second-order valence-electron chi connectivity index (χ2n) is 16.1. The Kier molecular flexibility index (Phi) is 23.7. The fraction of sp³-hybridized carbons (Fsp3) is 0.396. The molecule has 1 aliphatic heterocycles. The van der Waals surface area contributed by atoms with Gasteiger partial charge in [0.15, 0.2) is 6.61 Å². The second kappa shape index (κ2) is 30.5. The molecule has 6 N–H and O–H groups in total. The number of carbonyl (C=O) groups excluding carboxylic acids is 5. The summed E-state index contributed by atoms with van der Waals surface area (Å²) in [6, 6.07) is 21.6.